The molecule has 10 heavy (non-hydrogen) atoms. The van der Waals surface area contributed by atoms with E-state index < -0.39 is 12.1 Å². The lowest BCUT2D eigenvalue weighted by atomic mass is 10.2. The number of hydrogen-bond acceptors (Lipinski definition) is 4. The van der Waals surface area contributed by atoms with Gasteiger partial charge in [-0.15, -0.1) is 0 Å². The molecule has 56 valence electrons. The average Bonchev–Trinajstić information content (AvgIpc) is 2.34. The third-order valence-corrected chi connectivity index (χ3v) is 1.32. The van der Waals surface area contributed by atoms with Crippen LogP contribution in [0.15, 0.2) is 0 Å². The monoisotopic (exact) mass is 144 g/mol. The summed E-state index contributed by atoms with van der Waals surface area (Å²) in [5.74, 6) is -0.513. The van der Waals surface area contributed by atoms with Gasteiger partial charge in [0, 0.05) is 6.42 Å². The molecule has 0 aromatic heterocycles. The van der Waals surface area contributed by atoms with Crippen molar-refractivity contribution in [1.82, 2.24) is 0 Å². The molecule has 1 aliphatic rings. The van der Waals surface area contributed by atoms with Crippen molar-refractivity contribution >= 4 is 11.8 Å². The minimum Gasteiger partial charge on any atom is -0.467 e. The third kappa shape index (κ3) is 1.33. The maximum Gasteiger partial charge on any atom is 0.335 e. The average molecular weight is 144 g/mol. The fourth-order valence-corrected chi connectivity index (χ4v) is 0.801. The summed E-state index contributed by atoms with van der Waals surface area (Å²) in [5.41, 5.74) is 0. The third-order valence-electron chi connectivity index (χ3n) is 1.32. The van der Waals surface area contributed by atoms with E-state index in [1.807, 2.05) is 0 Å². The first-order valence-electron chi connectivity index (χ1n) is 2.95. The molecule has 0 spiro atoms. The number of ether oxygens (including phenoxy) is 2. The fraction of sp³-hybridized carbons (Fsp3) is 0.667. The molecule has 4 heteroatoms. The van der Waals surface area contributed by atoms with Crippen molar-refractivity contribution in [2.45, 2.75) is 12.5 Å². The maximum atomic E-state index is 10.7. The zero-order valence-corrected chi connectivity index (χ0v) is 5.62. The number of hydrogen-bond donors (Lipinski definition) is 0. The number of ketones is 1. The molecule has 4 nitrogen and oxygen atoms in total. The van der Waals surface area contributed by atoms with Gasteiger partial charge in [-0.25, -0.2) is 4.79 Å². The van der Waals surface area contributed by atoms with Gasteiger partial charge in [-0.05, 0) is 0 Å². The SMILES string of the molecule is COC(=O)[C@H]1CC(=O)CO1. The Kier molecular flexibility index (Phi) is 2.01. The zero-order valence-electron chi connectivity index (χ0n) is 5.62. The molecule has 0 aliphatic carbocycles. The van der Waals surface area contributed by atoms with Gasteiger partial charge in [0.1, 0.15) is 6.61 Å². The number of esters is 1. The Morgan fingerprint density at radius 2 is 2.50 bits per heavy atom. The Morgan fingerprint density at radius 1 is 1.80 bits per heavy atom. The summed E-state index contributed by atoms with van der Waals surface area (Å²) >= 11 is 0. The van der Waals surface area contributed by atoms with Gasteiger partial charge in [-0.2, -0.15) is 0 Å². The lowest BCUT2D eigenvalue weighted by Gasteiger charge is -2.03. The van der Waals surface area contributed by atoms with Gasteiger partial charge in [-0.3, -0.25) is 4.79 Å². The molecule has 0 aromatic rings. The van der Waals surface area contributed by atoms with Crippen molar-refractivity contribution in [3.63, 3.8) is 0 Å². The molecule has 1 saturated heterocycles. The summed E-state index contributed by atoms with van der Waals surface area (Å²) in [6.07, 6.45) is -0.496. The van der Waals surface area contributed by atoms with Crippen LogP contribution in [0.1, 0.15) is 6.42 Å². The summed E-state index contributed by atoms with van der Waals surface area (Å²) in [7, 11) is 1.27. The van der Waals surface area contributed by atoms with Gasteiger partial charge in [0.05, 0.1) is 7.11 Å². The zero-order chi connectivity index (χ0) is 7.56. The van der Waals surface area contributed by atoms with E-state index in [-0.39, 0.29) is 18.8 Å². The van der Waals surface area contributed by atoms with Gasteiger partial charge in [0.25, 0.3) is 0 Å². The lowest BCUT2D eigenvalue weighted by molar-refractivity contribution is -0.151. The minimum atomic E-state index is -0.655. The Labute approximate surface area is 58.1 Å². The Hall–Kier alpha value is -0.900. The highest BCUT2D eigenvalue weighted by molar-refractivity contribution is 5.89. The standard InChI is InChI=1S/C6H8O4/c1-9-6(8)5-2-4(7)3-10-5/h5H,2-3H2,1H3/t5-/m1/s1. The normalized spacial score (nSPS) is 24.9. The van der Waals surface area contributed by atoms with E-state index in [0.717, 1.165) is 0 Å². The van der Waals surface area contributed by atoms with Gasteiger partial charge in [-0.1, -0.05) is 0 Å². The van der Waals surface area contributed by atoms with Gasteiger partial charge < -0.3 is 9.47 Å². The molecule has 0 N–H and O–H groups in total. The molecule has 1 atom stereocenters. The van der Waals surface area contributed by atoms with E-state index in [1.165, 1.54) is 7.11 Å². The van der Waals surface area contributed by atoms with E-state index in [0.29, 0.717) is 0 Å². The van der Waals surface area contributed by atoms with Crippen LogP contribution in [0, 0.1) is 0 Å². The molecule has 0 bridgehead atoms. The molecule has 0 saturated carbocycles. The molecule has 0 unspecified atom stereocenters. The van der Waals surface area contributed by atoms with Gasteiger partial charge >= 0.3 is 5.97 Å². The molecule has 0 aromatic carbocycles. The van der Waals surface area contributed by atoms with Crippen LogP contribution in [0.3, 0.4) is 0 Å². The van der Waals surface area contributed by atoms with E-state index in [4.69, 9.17) is 4.74 Å². The van der Waals surface area contributed by atoms with Crippen LogP contribution in [0.2, 0.25) is 0 Å². The summed E-state index contributed by atoms with van der Waals surface area (Å²) in [4.78, 5) is 21.2. The van der Waals surface area contributed by atoms with Crippen molar-refractivity contribution in [1.29, 1.82) is 0 Å². The summed E-state index contributed by atoms with van der Waals surface area (Å²) < 4.78 is 9.16. The number of carbonyl (C=O) groups is 2. The van der Waals surface area contributed by atoms with Crippen LogP contribution in [-0.4, -0.2) is 31.6 Å². The topological polar surface area (TPSA) is 52.6 Å². The largest absolute Gasteiger partial charge is 0.467 e. The molecule has 1 aliphatic heterocycles. The second-order valence-corrected chi connectivity index (χ2v) is 2.07. The lowest BCUT2D eigenvalue weighted by Crippen LogP contribution is -2.20. The Morgan fingerprint density at radius 3 is 2.90 bits per heavy atom. The predicted molar refractivity (Wildman–Crippen MR) is 31.4 cm³/mol. The van der Waals surface area contributed by atoms with Crippen LogP contribution in [0.4, 0.5) is 0 Å². The van der Waals surface area contributed by atoms with Crippen LogP contribution >= 0.6 is 0 Å². The van der Waals surface area contributed by atoms with Crippen molar-refractivity contribution in [3.05, 3.63) is 0 Å². The highest BCUT2D eigenvalue weighted by Gasteiger charge is 2.29. The Bertz CT molecular complexity index is 163. The number of methoxy groups -OCH3 is 1. The van der Waals surface area contributed by atoms with Crippen molar-refractivity contribution < 1.29 is 19.1 Å². The number of rotatable bonds is 1. The maximum absolute atomic E-state index is 10.7. The van der Waals surface area contributed by atoms with Gasteiger partial charge in [0.15, 0.2) is 11.9 Å². The van der Waals surface area contributed by atoms with E-state index in [1.54, 1.807) is 0 Å². The molecule has 1 rings (SSSR count). The van der Waals surface area contributed by atoms with E-state index >= 15 is 0 Å². The van der Waals surface area contributed by atoms with Crippen molar-refractivity contribution in [3.8, 4) is 0 Å². The van der Waals surface area contributed by atoms with E-state index in [9.17, 15) is 9.59 Å². The Balaban J connectivity index is 2.44. The molecule has 1 fully saturated rings. The first-order valence-corrected chi connectivity index (χ1v) is 2.95. The number of carbonyl (C=O) groups excluding carboxylic acids is 2. The highest BCUT2D eigenvalue weighted by atomic mass is 16.6. The summed E-state index contributed by atoms with van der Waals surface area (Å²) in [5, 5.41) is 0. The second kappa shape index (κ2) is 2.79. The quantitative estimate of drug-likeness (QED) is 0.466. The van der Waals surface area contributed by atoms with Crippen LogP contribution in [-0.2, 0) is 19.1 Å². The molecular weight excluding hydrogens is 136 g/mol. The fourth-order valence-electron chi connectivity index (χ4n) is 0.801. The first-order chi connectivity index (χ1) is 4.74. The number of Topliss-reactive ketones (excluding diaryl/α,β-unsaturated/α-hetero) is 1. The summed E-state index contributed by atoms with van der Waals surface area (Å²) in [6, 6.07) is 0. The predicted octanol–water partition coefficient (Wildman–Crippen LogP) is -0.483. The molecular formula is C6H8O4. The second-order valence-electron chi connectivity index (χ2n) is 2.07. The summed E-state index contributed by atoms with van der Waals surface area (Å²) in [6.45, 7) is 0.0414. The highest BCUT2D eigenvalue weighted by Crippen LogP contribution is 2.09. The smallest absolute Gasteiger partial charge is 0.335 e. The molecule has 1 heterocycles. The van der Waals surface area contributed by atoms with Crippen molar-refractivity contribution in [2.24, 2.45) is 0 Å². The van der Waals surface area contributed by atoms with Gasteiger partial charge in [0.2, 0.25) is 0 Å². The van der Waals surface area contributed by atoms with Crippen molar-refractivity contribution in [2.75, 3.05) is 13.7 Å². The van der Waals surface area contributed by atoms with E-state index in [2.05, 4.69) is 4.74 Å². The van der Waals surface area contributed by atoms with Crippen LogP contribution in [0.25, 0.3) is 0 Å². The first kappa shape index (κ1) is 7.21. The minimum absolute atomic E-state index is 0.0414. The van der Waals surface area contributed by atoms with Crippen LogP contribution in [0.5, 0.6) is 0 Å². The molecule has 0 amide bonds. The molecule has 0 radical (unpaired) electrons. The van der Waals surface area contributed by atoms with Crippen LogP contribution < -0.4 is 0 Å².